The van der Waals surface area contributed by atoms with Crippen molar-refractivity contribution >= 4 is 0 Å². The van der Waals surface area contributed by atoms with E-state index in [2.05, 4.69) is 10.1 Å². The summed E-state index contributed by atoms with van der Waals surface area (Å²) in [6.45, 7) is 1.07. The third-order valence-electron chi connectivity index (χ3n) is 2.85. The van der Waals surface area contributed by atoms with Crippen molar-refractivity contribution in [2.75, 3.05) is 26.3 Å². The fourth-order valence-corrected chi connectivity index (χ4v) is 2.10. The van der Waals surface area contributed by atoms with Crippen LogP contribution in [0.1, 0.15) is 0 Å². The van der Waals surface area contributed by atoms with Crippen LogP contribution in [0.4, 0.5) is 13.2 Å². The molecule has 2 aliphatic rings. The molecule has 2 unspecified atom stereocenters. The topological polar surface area (TPSA) is 21.3 Å². The fraction of sp³-hybridized carbons (Fsp3) is 1.00. The zero-order valence-electron chi connectivity index (χ0n) is 7.10. The molecule has 2 fully saturated rings. The Morgan fingerprint density at radius 2 is 1.85 bits per heavy atom. The average Bonchev–Trinajstić information content (AvgIpc) is 2.48. The molecule has 0 amide bonds. The molecule has 1 N–H and O–H groups in total. The minimum absolute atomic E-state index is 0.274. The van der Waals surface area contributed by atoms with Gasteiger partial charge >= 0.3 is 6.18 Å². The standard InChI is InChI=1S/C8H12F3NO/c9-8(10,11)4-13-3-7-5-1-12-2-6(5)7/h5-7,12H,1-4H2. The van der Waals surface area contributed by atoms with Gasteiger partial charge in [0.2, 0.25) is 0 Å². The summed E-state index contributed by atoms with van der Waals surface area (Å²) in [5, 5.41) is 3.18. The van der Waals surface area contributed by atoms with Crippen LogP contribution in [0.25, 0.3) is 0 Å². The van der Waals surface area contributed by atoms with E-state index < -0.39 is 12.8 Å². The molecule has 0 bridgehead atoms. The van der Waals surface area contributed by atoms with E-state index in [0.717, 1.165) is 13.1 Å². The van der Waals surface area contributed by atoms with Gasteiger partial charge in [-0.25, -0.2) is 0 Å². The number of alkyl halides is 3. The van der Waals surface area contributed by atoms with Gasteiger partial charge in [0.25, 0.3) is 0 Å². The van der Waals surface area contributed by atoms with Gasteiger partial charge in [0.1, 0.15) is 6.61 Å². The van der Waals surface area contributed by atoms with Crippen molar-refractivity contribution < 1.29 is 17.9 Å². The first-order valence-electron chi connectivity index (χ1n) is 4.43. The van der Waals surface area contributed by atoms with E-state index >= 15 is 0 Å². The molecule has 1 heterocycles. The molecular weight excluding hydrogens is 183 g/mol. The minimum atomic E-state index is -4.18. The molecule has 2 rings (SSSR count). The summed E-state index contributed by atoms with van der Waals surface area (Å²) in [5.41, 5.74) is 0. The van der Waals surface area contributed by atoms with Crippen LogP contribution in [0.2, 0.25) is 0 Å². The van der Waals surface area contributed by atoms with Crippen LogP contribution < -0.4 is 5.32 Å². The zero-order valence-corrected chi connectivity index (χ0v) is 7.10. The van der Waals surface area contributed by atoms with Crippen molar-refractivity contribution in [2.45, 2.75) is 6.18 Å². The quantitative estimate of drug-likeness (QED) is 0.726. The molecule has 0 spiro atoms. The Balaban J connectivity index is 1.60. The minimum Gasteiger partial charge on any atom is -0.372 e. The molecule has 2 nitrogen and oxygen atoms in total. The number of fused-ring (bicyclic) bond motifs is 1. The van der Waals surface area contributed by atoms with Crippen molar-refractivity contribution in [3.8, 4) is 0 Å². The van der Waals surface area contributed by atoms with E-state index in [1.165, 1.54) is 0 Å². The third-order valence-corrected chi connectivity index (χ3v) is 2.85. The molecule has 0 aromatic carbocycles. The first-order valence-corrected chi connectivity index (χ1v) is 4.43. The summed E-state index contributed by atoms with van der Waals surface area (Å²) in [6.07, 6.45) is -4.18. The Kier molecular flexibility index (Phi) is 2.23. The second-order valence-corrected chi connectivity index (χ2v) is 3.78. The normalized spacial score (nSPS) is 37.6. The number of rotatable bonds is 3. The Bertz CT molecular complexity index is 184. The highest BCUT2D eigenvalue weighted by atomic mass is 19.4. The van der Waals surface area contributed by atoms with Crippen LogP contribution in [0.5, 0.6) is 0 Å². The van der Waals surface area contributed by atoms with E-state index in [1.807, 2.05) is 0 Å². The lowest BCUT2D eigenvalue weighted by atomic mass is 10.3. The Morgan fingerprint density at radius 1 is 1.23 bits per heavy atom. The van der Waals surface area contributed by atoms with Crippen molar-refractivity contribution in [3.63, 3.8) is 0 Å². The molecule has 1 saturated heterocycles. The van der Waals surface area contributed by atoms with E-state index in [9.17, 15) is 13.2 Å². The van der Waals surface area contributed by atoms with E-state index in [0.29, 0.717) is 17.8 Å². The number of nitrogens with one attached hydrogen (secondary N) is 1. The Labute approximate surface area is 74.4 Å². The van der Waals surface area contributed by atoms with Gasteiger partial charge in [0, 0.05) is 0 Å². The first-order chi connectivity index (χ1) is 6.08. The SMILES string of the molecule is FC(F)(F)COCC1C2CNCC21. The van der Waals surface area contributed by atoms with E-state index in [4.69, 9.17) is 0 Å². The summed E-state index contributed by atoms with van der Waals surface area (Å²) in [6, 6.07) is 0. The lowest BCUT2D eigenvalue weighted by Crippen LogP contribution is -2.21. The van der Waals surface area contributed by atoms with Gasteiger partial charge in [-0.05, 0) is 30.8 Å². The van der Waals surface area contributed by atoms with Gasteiger partial charge < -0.3 is 10.1 Å². The predicted molar refractivity (Wildman–Crippen MR) is 40.2 cm³/mol. The fourth-order valence-electron chi connectivity index (χ4n) is 2.10. The maximum absolute atomic E-state index is 11.7. The number of hydrogen-bond acceptors (Lipinski definition) is 2. The molecule has 5 heteroatoms. The molecule has 1 aliphatic carbocycles. The molecule has 0 aromatic rings. The van der Waals surface area contributed by atoms with Crippen LogP contribution in [-0.4, -0.2) is 32.5 Å². The highest BCUT2D eigenvalue weighted by molar-refractivity contribution is 5.03. The van der Waals surface area contributed by atoms with E-state index in [1.54, 1.807) is 0 Å². The predicted octanol–water partition coefficient (Wildman–Crippen LogP) is 1.03. The summed E-state index contributed by atoms with van der Waals surface area (Å²) in [5.74, 6) is 1.53. The highest BCUT2D eigenvalue weighted by Gasteiger charge is 2.52. The molecule has 13 heavy (non-hydrogen) atoms. The summed E-state index contributed by atoms with van der Waals surface area (Å²) < 4.78 is 39.6. The van der Waals surface area contributed by atoms with Gasteiger partial charge in [0.15, 0.2) is 0 Å². The Morgan fingerprint density at radius 3 is 2.38 bits per heavy atom. The van der Waals surface area contributed by atoms with Crippen LogP contribution in [0.3, 0.4) is 0 Å². The molecule has 0 radical (unpaired) electrons. The number of ether oxygens (including phenoxy) is 1. The van der Waals surface area contributed by atoms with Gasteiger partial charge in [-0.1, -0.05) is 0 Å². The van der Waals surface area contributed by atoms with Crippen molar-refractivity contribution in [2.24, 2.45) is 17.8 Å². The van der Waals surface area contributed by atoms with Crippen LogP contribution in [-0.2, 0) is 4.74 Å². The van der Waals surface area contributed by atoms with Gasteiger partial charge in [-0.3, -0.25) is 0 Å². The van der Waals surface area contributed by atoms with Crippen LogP contribution in [0.15, 0.2) is 0 Å². The summed E-state index contributed by atoms with van der Waals surface area (Å²) in [4.78, 5) is 0. The van der Waals surface area contributed by atoms with E-state index in [-0.39, 0.29) is 6.61 Å². The molecule has 1 aliphatic heterocycles. The first kappa shape index (κ1) is 9.27. The molecular formula is C8H12F3NO. The maximum Gasteiger partial charge on any atom is 0.411 e. The van der Waals surface area contributed by atoms with Gasteiger partial charge in [0.05, 0.1) is 6.61 Å². The molecule has 76 valence electrons. The van der Waals surface area contributed by atoms with Gasteiger partial charge in [-0.2, -0.15) is 13.2 Å². The van der Waals surface area contributed by atoms with Crippen molar-refractivity contribution in [1.29, 1.82) is 0 Å². The van der Waals surface area contributed by atoms with Crippen LogP contribution in [0, 0.1) is 17.8 Å². The number of piperidine rings is 1. The third kappa shape index (κ3) is 2.14. The second-order valence-electron chi connectivity index (χ2n) is 3.78. The lowest BCUT2D eigenvalue weighted by Gasteiger charge is -2.08. The van der Waals surface area contributed by atoms with Gasteiger partial charge in [-0.15, -0.1) is 0 Å². The number of halogens is 3. The van der Waals surface area contributed by atoms with Crippen LogP contribution >= 0.6 is 0 Å². The molecule has 0 aromatic heterocycles. The monoisotopic (exact) mass is 195 g/mol. The summed E-state index contributed by atoms with van der Waals surface area (Å²) in [7, 11) is 0. The lowest BCUT2D eigenvalue weighted by molar-refractivity contribution is -0.175. The Hall–Kier alpha value is -0.290. The van der Waals surface area contributed by atoms with Crippen molar-refractivity contribution in [3.05, 3.63) is 0 Å². The summed E-state index contributed by atoms with van der Waals surface area (Å²) >= 11 is 0. The van der Waals surface area contributed by atoms with Crippen molar-refractivity contribution in [1.82, 2.24) is 5.32 Å². The number of hydrogen-bond donors (Lipinski definition) is 1. The molecule has 1 saturated carbocycles. The highest BCUT2D eigenvalue weighted by Crippen LogP contribution is 2.48. The smallest absolute Gasteiger partial charge is 0.372 e. The largest absolute Gasteiger partial charge is 0.411 e. The maximum atomic E-state index is 11.7. The molecule has 2 atom stereocenters. The zero-order chi connectivity index (χ0) is 9.47. The average molecular weight is 195 g/mol. The second kappa shape index (κ2) is 3.13.